The van der Waals surface area contributed by atoms with Gasteiger partial charge in [-0.05, 0) is 72.2 Å². The molecule has 3 aromatic heterocycles. The van der Waals surface area contributed by atoms with Crippen LogP contribution in [0, 0.1) is 24.7 Å². The molecule has 3 fully saturated rings. The Hall–Kier alpha value is -4.15. The Bertz CT molecular complexity index is 2100. The summed E-state index contributed by atoms with van der Waals surface area (Å²) in [5.41, 5.74) is 6.73. The van der Waals surface area contributed by atoms with Crippen LogP contribution in [0.15, 0.2) is 91.4 Å². The van der Waals surface area contributed by atoms with E-state index in [1.54, 1.807) is 0 Å². The number of hydrogen-bond acceptors (Lipinski definition) is 5. The van der Waals surface area contributed by atoms with Gasteiger partial charge in [0.05, 0.1) is 5.69 Å². The molecule has 0 amide bonds. The van der Waals surface area contributed by atoms with E-state index in [0.29, 0.717) is 11.5 Å². The van der Waals surface area contributed by atoms with Crippen molar-refractivity contribution in [1.29, 1.82) is 0 Å². The Balaban J connectivity index is 0.00000312. The van der Waals surface area contributed by atoms with Gasteiger partial charge in [0.25, 0.3) is 0 Å². The number of para-hydroxylation sites is 1. The average molecular weight is 784 g/mol. The number of hydrogen-bond donors (Lipinski definition) is 0. The molecule has 3 aliphatic carbocycles. The SMILES string of the molecule is CC(C)(C)c1ccnc(-n2c3[c-]c(Oc4[c-]c(N5[CH-]N(C67CCC(C6)C7)c6ccncc65)ccc4)ccc3c3ccccc32)c1.[Pt]. The van der Waals surface area contributed by atoms with Crippen LogP contribution in [0.25, 0.3) is 27.6 Å². The molecule has 3 aromatic carbocycles. The van der Waals surface area contributed by atoms with Crippen molar-refractivity contribution >= 4 is 38.9 Å². The molecule has 4 aliphatic rings. The minimum Gasteiger partial charge on any atom is -0.509 e. The number of nitrogens with zero attached hydrogens (tertiary/aromatic N) is 5. The van der Waals surface area contributed by atoms with E-state index < -0.39 is 0 Å². The van der Waals surface area contributed by atoms with Crippen LogP contribution in [0.5, 0.6) is 11.5 Å². The van der Waals surface area contributed by atoms with Gasteiger partial charge < -0.3 is 19.1 Å². The van der Waals surface area contributed by atoms with Gasteiger partial charge in [0.15, 0.2) is 0 Å². The van der Waals surface area contributed by atoms with Gasteiger partial charge in [-0.2, -0.15) is 18.8 Å². The summed E-state index contributed by atoms with van der Waals surface area (Å²) in [5.74, 6) is 3.02. The van der Waals surface area contributed by atoms with Crippen LogP contribution in [-0.2, 0) is 26.5 Å². The second-order valence-electron chi connectivity index (χ2n) is 13.8. The maximum Gasteiger partial charge on any atom is 0.135 e. The Morgan fingerprint density at radius 2 is 1.74 bits per heavy atom. The molecule has 6 aromatic rings. The first-order valence-corrected chi connectivity index (χ1v) is 15.9. The van der Waals surface area contributed by atoms with Crippen LogP contribution in [0.2, 0.25) is 0 Å². The van der Waals surface area contributed by atoms with Crippen molar-refractivity contribution in [2.24, 2.45) is 5.92 Å². The van der Waals surface area contributed by atoms with Gasteiger partial charge in [0, 0.05) is 67.9 Å². The first kappa shape index (κ1) is 29.3. The van der Waals surface area contributed by atoms with Gasteiger partial charge >= 0.3 is 0 Å². The summed E-state index contributed by atoms with van der Waals surface area (Å²) >= 11 is 0. The van der Waals surface area contributed by atoms with Gasteiger partial charge in [0.2, 0.25) is 0 Å². The first-order valence-electron chi connectivity index (χ1n) is 15.9. The van der Waals surface area contributed by atoms with E-state index in [0.717, 1.165) is 44.9 Å². The van der Waals surface area contributed by atoms with Crippen LogP contribution < -0.4 is 14.5 Å². The predicted molar refractivity (Wildman–Crippen MR) is 179 cm³/mol. The summed E-state index contributed by atoms with van der Waals surface area (Å²) in [5, 5.41) is 2.27. The molecule has 10 rings (SSSR count). The molecule has 234 valence electrons. The molecule has 0 spiro atoms. The Labute approximate surface area is 284 Å². The molecule has 1 aliphatic heterocycles. The average Bonchev–Trinajstić information content (AvgIpc) is 3.81. The van der Waals surface area contributed by atoms with Gasteiger partial charge in [-0.3, -0.25) is 4.98 Å². The summed E-state index contributed by atoms with van der Waals surface area (Å²) in [6.07, 6.45) is 10.9. The van der Waals surface area contributed by atoms with Crippen molar-refractivity contribution in [3.8, 4) is 17.3 Å². The molecule has 4 heterocycles. The van der Waals surface area contributed by atoms with E-state index in [-0.39, 0.29) is 32.0 Å². The van der Waals surface area contributed by atoms with Gasteiger partial charge in [0.1, 0.15) is 5.82 Å². The van der Waals surface area contributed by atoms with Gasteiger partial charge in [-0.25, -0.2) is 4.98 Å². The van der Waals surface area contributed by atoms with Crippen molar-refractivity contribution in [2.45, 2.75) is 57.4 Å². The standard InChI is InChI=1S/C39H34N5O.Pt/c1-38(2,3)27-14-18-41-37(19-27)44-33-10-5-4-9-31(33)32-12-11-30(21-35(32)44)45-29-8-6-7-28(20-29)42-25-43(34-15-17-40-24-36(34)42)39-16-13-26(22-39)23-39;/h4-12,14-15,17-19,24-26H,13,16,22-23H2,1-3H3;/q-3;. The van der Waals surface area contributed by atoms with Crippen molar-refractivity contribution < 1.29 is 25.8 Å². The van der Waals surface area contributed by atoms with Crippen molar-refractivity contribution in [2.75, 3.05) is 9.80 Å². The normalized spacial score (nSPS) is 20.1. The molecule has 0 saturated heterocycles. The molecule has 2 bridgehead atoms. The summed E-state index contributed by atoms with van der Waals surface area (Å²) in [6.45, 7) is 8.93. The third-order valence-corrected chi connectivity index (χ3v) is 10.0. The quantitative estimate of drug-likeness (QED) is 0.163. The minimum atomic E-state index is 0. The molecular formula is C39H34N5OPt-3. The molecule has 0 radical (unpaired) electrons. The fourth-order valence-electron chi connectivity index (χ4n) is 7.72. The van der Waals surface area contributed by atoms with E-state index in [4.69, 9.17) is 9.72 Å². The monoisotopic (exact) mass is 783 g/mol. The third kappa shape index (κ3) is 4.56. The number of fused-ring (bicyclic) bond motifs is 5. The third-order valence-electron chi connectivity index (χ3n) is 10.0. The van der Waals surface area contributed by atoms with E-state index >= 15 is 0 Å². The zero-order chi connectivity index (χ0) is 30.3. The molecule has 7 heteroatoms. The van der Waals surface area contributed by atoms with E-state index in [1.807, 2.05) is 36.8 Å². The molecule has 0 atom stereocenters. The maximum atomic E-state index is 6.48. The van der Waals surface area contributed by atoms with Crippen LogP contribution in [0.1, 0.15) is 52.0 Å². The second-order valence-corrected chi connectivity index (χ2v) is 13.8. The number of anilines is 3. The predicted octanol–water partition coefficient (Wildman–Crippen LogP) is 9.28. The minimum absolute atomic E-state index is 0. The van der Waals surface area contributed by atoms with Crippen LogP contribution in [0.4, 0.5) is 17.1 Å². The van der Waals surface area contributed by atoms with Crippen LogP contribution in [0.3, 0.4) is 0 Å². The summed E-state index contributed by atoms with van der Waals surface area (Å²) in [4.78, 5) is 14.0. The van der Waals surface area contributed by atoms with Crippen molar-refractivity contribution in [1.82, 2.24) is 14.5 Å². The fraction of sp³-hybridized carbons (Fsp3) is 0.256. The molecule has 3 saturated carbocycles. The van der Waals surface area contributed by atoms with Crippen LogP contribution in [-0.4, -0.2) is 20.1 Å². The number of aromatic nitrogens is 3. The second kappa shape index (κ2) is 10.7. The van der Waals surface area contributed by atoms with Gasteiger partial charge in [-0.1, -0.05) is 44.5 Å². The smallest absolute Gasteiger partial charge is 0.135 e. The van der Waals surface area contributed by atoms with Crippen molar-refractivity contribution in [3.63, 3.8) is 0 Å². The summed E-state index contributed by atoms with van der Waals surface area (Å²) < 4.78 is 8.67. The number of pyridine rings is 2. The summed E-state index contributed by atoms with van der Waals surface area (Å²) in [6, 6.07) is 32.2. The van der Waals surface area contributed by atoms with Crippen LogP contribution >= 0.6 is 0 Å². The van der Waals surface area contributed by atoms with E-state index in [1.165, 1.54) is 36.9 Å². The molecule has 46 heavy (non-hydrogen) atoms. The van der Waals surface area contributed by atoms with E-state index in [2.05, 4.69) is 114 Å². The van der Waals surface area contributed by atoms with E-state index in [9.17, 15) is 0 Å². The fourth-order valence-corrected chi connectivity index (χ4v) is 7.72. The van der Waals surface area contributed by atoms with Crippen molar-refractivity contribution in [3.05, 3.63) is 116 Å². The summed E-state index contributed by atoms with van der Waals surface area (Å²) in [7, 11) is 0. The van der Waals surface area contributed by atoms with Gasteiger partial charge in [-0.15, -0.1) is 41.4 Å². The Kier molecular flexibility index (Phi) is 6.81. The molecule has 0 N–H and O–H groups in total. The molecule has 0 unspecified atom stereocenters. The molecule has 6 nitrogen and oxygen atoms in total. The largest absolute Gasteiger partial charge is 0.509 e. The Morgan fingerprint density at radius 1 is 0.891 bits per heavy atom. The number of rotatable bonds is 5. The number of ether oxygens (including phenoxy) is 1. The topological polar surface area (TPSA) is 46.4 Å². The maximum absolute atomic E-state index is 6.48. The Morgan fingerprint density at radius 3 is 2.57 bits per heavy atom. The number of benzene rings is 3. The zero-order valence-corrected chi connectivity index (χ0v) is 28.4. The zero-order valence-electron chi connectivity index (χ0n) is 26.1. The first-order chi connectivity index (χ1) is 21.9. The molecular weight excluding hydrogens is 750 g/mol.